The number of carbonyl (C=O) groups excluding carboxylic acids is 1. The zero-order valence-electron chi connectivity index (χ0n) is 14.8. The molecular weight excluding hydrogens is 335 g/mol. The smallest absolute Gasteiger partial charge is 0.221 e. The van der Waals surface area contributed by atoms with Gasteiger partial charge in [-0.05, 0) is 49.7 Å². The Labute approximate surface area is 150 Å². The molecular formula is C20H19FN2O3. The van der Waals surface area contributed by atoms with E-state index in [-0.39, 0.29) is 17.3 Å². The molecule has 0 saturated carbocycles. The molecule has 5 nitrogen and oxygen atoms in total. The lowest BCUT2D eigenvalue weighted by atomic mass is 10.0. The Balaban J connectivity index is 2.12. The third kappa shape index (κ3) is 3.44. The molecule has 1 heterocycles. The van der Waals surface area contributed by atoms with Crippen LogP contribution in [0.1, 0.15) is 19.4 Å². The average molecular weight is 354 g/mol. The van der Waals surface area contributed by atoms with Gasteiger partial charge in [-0.1, -0.05) is 0 Å². The van der Waals surface area contributed by atoms with Gasteiger partial charge >= 0.3 is 0 Å². The van der Waals surface area contributed by atoms with Crippen molar-refractivity contribution in [3.8, 4) is 22.8 Å². The number of amides is 1. The molecule has 0 aliphatic carbocycles. The second-order valence-corrected chi connectivity index (χ2v) is 5.97. The summed E-state index contributed by atoms with van der Waals surface area (Å²) in [7, 11) is 0. The molecule has 0 unspecified atom stereocenters. The number of phenols is 1. The van der Waals surface area contributed by atoms with Gasteiger partial charge in [0.15, 0.2) is 11.5 Å². The number of aryl methyl sites for hydroxylation is 1. The molecule has 26 heavy (non-hydrogen) atoms. The van der Waals surface area contributed by atoms with Crippen LogP contribution in [0.15, 0.2) is 36.4 Å². The van der Waals surface area contributed by atoms with Crippen LogP contribution in [0.4, 0.5) is 10.1 Å². The Bertz CT molecular complexity index is 1000. The van der Waals surface area contributed by atoms with Crippen molar-refractivity contribution in [1.82, 2.24) is 4.98 Å². The van der Waals surface area contributed by atoms with Crippen LogP contribution < -0.4 is 10.1 Å². The third-order valence-corrected chi connectivity index (χ3v) is 3.97. The molecule has 0 fully saturated rings. The monoisotopic (exact) mass is 354 g/mol. The highest BCUT2D eigenvalue weighted by Crippen LogP contribution is 2.33. The number of nitrogens with one attached hydrogen (secondary N) is 1. The van der Waals surface area contributed by atoms with E-state index >= 15 is 0 Å². The normalized spacial score (nSPS) is 10.8. The highest BCUT2D eigenvalue weighted by molar-refractivity contribution is 5.94. The van der Waals surface area contributed by atoms with Crippen LogP contribution in [-0.4, -0.2) is 22.6 Å². The number of phenolic OH excluding ortho intramolecular Hbond substituents is 1. The zero-order valence-corrected chi connectivity index (χ0v) is 14.8. The molecule has 0 aliphatic heterocycles. The van der Waals surface area contributed by atoms with Crippen molar-refractivity contribution in [3.05, 3.63) is 47.8 Å². The molecule has 0 bridgehead atoms. The van der Waals surface area contributed by atoms with E-state index in [9.17, 15) is 14.3 Å². The summed E-state index contributed by atoms with van der Waals surface area (Å²) in [6, 6.07) is 9.74. The first-order chi connectivity index (χ1) is 12.4. The lowest BCUT2D eigenvalue weighted by Crippen LogP contribution is -2.07. The number of aromatic nitrogens is 1. The fourth-order valence-electron chi connectivity index (χ4n) is 2.79. The van der Waals surface area contributed by atoms with E-state index in [2.05, 4.69) is 10.3 Å². The van der Waals surface area contributed by atoms with E-state index in [0.717, 1.165) is 16.5 Å². The first-order valence-electron chi connectivity index (χ1n) is 8.23. The van der Waals surface area contributed by atoms with Gasteiger partial charge in [-0.25, -0.2) is 9.37 Å². The Morgan fingerprint density at radius 3 is 2.73 bits per heavy atom. The summed E-state index contributed by atoms with van der Waals surface area (Å²) in [5.41, 5.74) is 2.90. The number of ether oxygens (including phenoxy) is 1. The van der Waals surface area contributed by atoms with Gasteiger partial charge in [0.25, 0.3) is 0 Å². The maximum Gasteiger partial charge on any atom is 0.221 e. The average Bonchev–Trinajstić information content (AvgIpc) is 2.58. The fraction of sp³-hybridized carbons (Fsp3) is 0.200. The van der Waals surface area contributed by atoms with Crippen molar-refractivity contribution < 1.29 is 19.0 Å². The number of rotatable bonds is 4. The highest BCUT2D eigenvalue weighted by Gasteiger charge is 2.12. The van der Waals surface area contributed by atoms with Gasteiger partial charge in [0.05, 0.1) is 23.5 Å². The molecule has 1 aromatic heterocycles. The molecule has 0 spiro atoms. The van der Waals surface area contributed by atoms with Gasteiger partial charge in [-0.3, -0.25) is 4.79 Å². The van der Waals surface area contributed by atoms with Crippen LogP contribution in [0.5, 0.6) is 11.5 Å². The van der Waals surface area contributed by atoms with Crippen molar-refractivity contribution in [2.45, 2.75) is 20.8 Å². The number of hydrogen-bond acceptors (Lipinski definition) is 4. The van der Waals surface area contributed by atoms with Gasteiger partial charge < -0.3 is 15.2 Å². The Kier molecular flexibility index (Phi) is 4.75. The number of aromatic hydroxyl groups is 1. The van der Waals surface area contributed by atoms with Crippen LogP contribution in [0, 0.1) is 12.7 Å². The van der Waals surface area contributed by atoms with Crippen molar-refractivity contribution in [2.75, 3.05) is 11.9 Å². The van der Waals surface area contributed by atoms with E-state index < -0.39 is 5.82 Å². The van der Waals surface area contributed by atoms with E-state index in [4.69, 9.17) is 4.74 Å². The summed E-state index contributed by atoms with van der Waals surface area (Å²) in [5, 5.41) is 13.1. The first kappa shape index (κ1) is 17.7. The molecule has 0 aliphatic rings. The molecule has 3 aromatic rings. The number of benzene rings is 2. The van der Waals surface area contributed by atoms with Crippen LogP contribution in [-0.2, 0) is 4.79 Å². The quantitative estimate of drug-likeness (QED) is 0.728. The fourth-order valence-corrected chi connectivity index (χ4v) is 2.79. The number of carbonyl (C=O) groups is 1. The van der Waals surface area contributed by atoms with Gasteiger partial charge in [-0.15, -0.1) is 0 Å². The topological polar surface area (TPSA) is 71.5 Å². The number of anilines is 1. The van der Waals surface area contributed by atoms with E-state index in [1.807, 2.05) is 19.9 Å². The second-order valence-electron chi connectivity index (χ2n) is 5.97. The molecule has 134 valence electrons. The van der Waals surface area contributed by atoms with Crippen LogP contribution in [0.2, 0.25) is 0 Å². The van der Waals surface area contributed by atoms with E-state index in [0.29, 0.717) is 23.6 Å². The van der Waals surface area contributed by atoms with E-state index in [1.165, 1.54) is 13.0 Å². The maximum absolute atomic E-state index is 14.3. The predicted octanol–water partition coefficient (Wildman–Crippen LogP) is 4.41. The van der Waals surface area contributed by atoms with Gasteiger partial charge in [-0.2, -0.15) is 0 Å². The van der Waals surface area contributed by atoms with Crippen molar-refractivity contribution in [3.63, 3.8) is 0 Å². The molecule has 1 amide bonds. The zero-order chi connectivity index (χ0) is 18.8. The molecule has 2 N–H and O–H groups in total. The Hall–Kier alpha value is -3.15. The third-order valence-electron chi connectivity index (χ3n) is 3.97. The summed E-state index contributed by atoms with van der Waals surface area (Å²) in [5.74, 6) is -0.452. The number of hydrogen-bond donors (Lipinski definition) is 2. The lowest BCUT2D eigenvalue weighted by Gasteiger charge is -2.12. The largest absolute Gasteiger partial charge is 0.504 e. The van der Waals surface area contributed by atoms with Crippen LogP contribution >= 0.6 is 0 Å². The Morgan fingerprint density at radius 1 is 1.27 bits per heavy atom. The minimum atomic E-state index is -0.544. The number of fused-ring (bicyclic) bond motifs is 1. The van der Waals surface area contributed by atoms with Crippen LogP contribution in [0.3, 0.4) is 0 Å². The molecule has 0 radical (unpaired) electrons. The standard InChI is InChI=1S/C20H19FN2O3/c1-4-26-20-8-13(5-6-19(20)25)16-7-11(2)14-9-18(22-12(3)24)15(21)10-17(14)23-16/h5-10,25H,4H2,1-3H3,(H,22,24). The van der Waals surface area contributed by atoms with Gasteiger partial charge in [0.2, 0.25) is 5.91 Å². The summed E-state index contributed by atoms with van der Waals surface area (Å²) < 4.78 is 19.7. The van der Waals surface area contributed by atoms with Crippen LogP contribution in [0.25, 0.3) is 22.2 Å². The lowest BCUT2D eigenvalue weighted by molar-refractivity contribution is -0.114. The maximum atomic E-state index is 14.3. The number of halogens is 1. The van der Waals surface area contributed by atoms with Gasteiger partial charge in [0, 0.05) is 23.9 Å². The number of pyridine rings is 1. The molecule has 2 aromatic carbocycles. The predicted molar refractivity (Wildman–Crippen MR) is 99.0 cm³/mol. The summed E-state index contributed by atoms with van der Waals surface area (Å²) in [6.45, 7) is 5.49. The molecule has 3 rings (SSSR count). The van der Waals surface area contributed by atoms with Crippen molar-refractivity contribution in [1.29, 1.82) is 0 Å². The van der Waals surface area contributed by atoms with Crippen molar-refractivity contribution in [2.24, 2.45) is 0 Å². The summed E-state index contributed by atoms with van der Waals surface area (Å²) in [6.07, 6.45) is 0. The van der Waals surface area contributed by atoms with E-state index in [1.54, 1.807) is 24.3 Å². The molecule has 0 saturated heterocycles. The second kappa shape index (κ2) is 7.00. The summed E-state index contributed by atoms with van der Waals surface area (Å²) in [4.78, 5) is 15.7. The van der Waals surface area contributed by atoms with Crippen molar-refractivity contribution >= 4 is 22.5 Å². The molecule has 6 heteroatoms. The number of nitrogens with zero attached hydrogens (tertiary/aromatic N) is 1. The summed E-state index contributed by atoms with van der Waals surface area (Å²) >= 11 is 0. The SMILES string of the molecule is CCOc1cc(-c2cc(C)c3cc(NC(C)=O)c(F)cc3n2)ccc1O. The minimum absolute atomic E-state index is 0.0547. The highest BCUT2D eigenvalue weighted by atomic mass is 19.1. The minimum Gasteiger partial charge on any atom is -0.504 e. The Morgan fingerprint density at radius 2 is 2.04 bits per heavy atom. The van der Waals surface area contributed by atoms with Gasteiger partial charge in [0.1, 0.15) is 5.82 Å². The molecule has 0 atom stereocenters. The first-order valence-corrected chi connectivity index (χ1v) is 8.23.